The van der Waals surface area contributed by atoms with Gasteiger partial charge in [0.2, 0.25) is 5.78 Å². The van der Waals surface area contributed by atoms with Crippen LogP contribution in [0.1, 0.15) is 26.3 Å². The number of carbonyl (C=O) groups is 2. The van der Waals surface area contributed by atoms with Gasteiger partial charge in [-0.05, 0) is 48.1 Å². The molecule has 0 unspecified atom stereocenters. The zero-order chi connectivity index (χ0) is 23.7. The molecule has 0 aromatic heterocycles. The first-order valence-corrected chi connectivity index (χ1v) is 10.5. The van der Waals surface area contributed by atoms with Crippen LogP contribution in [0.3, 0.4) is 0 Å². The molecule has 0 saturated carbocycles. The smallest absolute Gasteiger partial charge is 0.351 e. The Morgan fingerprint density at radius 3 is 2.47 bits per heavy atom. The maximum Gasteiger partial charge on any atom is 0.351 e. The number of methoxy groups -OCH3 is 2. The summed E-state index contributed by atoms with van der Waals surface area (Å²) in [6, 6.07) is 17.3. The van der Waals surface area contributed by atoms with Gasteiger partial charge in [-0.1, -0.05) is 24.3 Å². The first-order valence-electron chi connectivity index (χ1n) is 10.5. The number of ketones is 1. The minimum absolute atomic E-state index is 0.162. The Hall–Kier alpha value is -4.52. The number of hydrogen-bond acceptors (Lipinski definition) is 7. The standard InChI is InChI=1S/C27H20O7/c1-30-21-8-5-9-22(31-2)25(21)27(29)33-18-10-11-19-23(14-18)34-24(26(19)28)13-16-12-17-6-3-4-7-20(17)32-15-16/h3-14H,15H2,1-2H3. The summed E-state index contributed by atoms with van der Waals surface area (Å²) in [5.41, 5.74) is 2.29. The van der Waals surface area contributed by atoms with Gasteiger partial charge >= 0.3 is 5.97 Å². The highest BCUT2D eigenvalue weighted by Crippen LogP contribution is 2.36. The lowest BCUT2D eigenvalue weighted by molar-refractivity contribution is 0.0727. The van der Waals surface area contributed by atoms with Crippen molar-refractivity contribution in [3.05, 3.63) is 94.8 Å². The third-order valence-electron chi connectivity index (χ3n) is 5.45. The third kappa shape index (κ3) is 3.88. The molecule has 0 spiro atoms. The number of fused-ring (bicyclic) bond motifs is 2. The molecule has 0 amide bonds. The van der Waals surface area contributed by atoms with Crippen LogP contribution in [0, 0.1) is 0 Å². The fourth-order valence-electron chi connectivity index (χ4n) is 3.83. The van der Waals surface area contributed by atoms with Crippen molar-refractivity contribution in [1.82, 2.24) is 0 Å². The van der Waals surface area contributed by atoms with E-state index in [1.165, 1.54) is 20.3 Å². The van der Waals surface area contributed by atoms with Gasteiger partial charge in [-0.3, -0.25) is 4.79 Å². The second-order valence-corrected chi connectivity index (χ2v) is 7.57. The zero-order valence-corrected chi connectivity index (χ0v) is 18.5. The molecule has 0 radical (unpaired) electrons. The fourth-order valence-corrected chi connectivity index (χ4v) is 3.83. The van der Waals surface area contributed by atoms with E-state index in [0.717, 1.165) is 16.9 Å². The molecule has 0 bridgehead atoms. The van der Waals surface area contributed by atoms with Crippen molar-refractivity contribution in [2.24, 2.45) is 0 Å². The third-order valence-corrected chi connectivity index (χ3v) is 5.45. The zero-order valence-electron chi connectivity index (χ0n) is 18.5. The van der Waals surface area contributed by atoms with E-state index in [4.69, 9.17) is 23.7 Å². The normalized spacial score (nSPS) is 14.9. The maximum atomic E-state index is 12.8. The van der Waals surface area contributed by atoms with Crippen LogP contribution >= 0.6 is 0 Å². The Morgan fingerprint density at radius 1 is 0.941 bits per heavy atom. The van der Waals surface area contributed by atoms with Crippen LogP contribution in [0.4, 0.5) is 0 Å². The van der Waals surface area contributed by atoms with E-state index in [-0.39, 0.29) is 22.9 Å². The number of carbonyl (C=O) groups excluding carboxylic acids is 2. The van der Waals surface area contributed by atoms with E-state index in [1.807, 2.05) is 30.3 Å². The Balaban J connectivity index is 1.38. The molecule has 5 rings (SSSR count). The fraction of sp³-hybridized carbons (Fsp3) is 0.111. The first-order chi connectivity index (χ1) is 16.6. The average Bonchev–Trinajstić information content (AvgIpc) is 3.17. The Kier molecular flexibility index (Phi) is 5.51. The molecule has 2 aliphatic rings. The van der Waals surface area contributed by atoms with Gasteiger partial charge in [0.1, 0.15) is 40.9 Å². The van der Waals surface area contributed by atoms with Gasteiger partial charge in [0.25, 0.3) is 0 Å². The Morgan fingerprint density at radius 2 is 1.71 bits per heavy atom. The molecule has 0 aliphatic carbocycles. The maximum absolute atomic E-state index is 12.8. The quantitative estimate of drug-likeness (QED) is 0.308. The van der Waals surface area contributed by atoms with E-state index in [2.05, 4.69) is 0 Å². The van der Waals surface area contributed by atoms with Crippen LogP contribution in [0.15, 0.2) is 78.1 Å². The number of hydrogen-bond donors (Lipinski definition) is 0. The number of para-hydroxylation sites is 1. The highest BCUT2D eigenvalue weighted by molar-refractivity contribution is 6.12. The summed E-state index contributed by atoms with van der Waals surface area (Å²) >= 11 is 0. The number of ether oxygens (including phenoxy) is 5. The van der Waals surface area contributed by atoms with Crippen molar-refractivity contribution in [2.75, 3.05) is 20.8 Å². The van der Waals surface area contributed by atoms with E-state index >= 15 is 0 Å². The molecule has 2 heterocycles. The summed E-state index contributed by atoms with van der Waals surface area (Å²) in [6.07, 6.45) is 3.63. The molecular formula is C27H20O7. The van der Waals surface area contributed by atoms with Crippen molar-refractivity contribution in [2.45, 2.75) is 0 Å². The summed E-state index contributed by atoms with van der Waals surface area (Å²) < 4.78 is 27.6. The summed E-state index contributed by atoms with van der Waals surface area (Å²) in [5.74, 6) is 1.25. The van der Waals surface area contributed by atoms with E-state index in [9.17, 15) is 9.59 Å². The lowest BCUT2D eigenvalue weighted by atomic mass is 10.1. The topological polar surface area (TPSA) is 80.3 Å². The lowest BCUT2D eigenvalue weighted by Gasteiger charge is -2.15. The molecule has 170 valence electrons. The first kappa shape index (κ1) is 21.3. The van der Waals surface area contributed by atoms with Gasteiger partial charge in [0.15, 0.2) is 5.76 Å². The highest BCUT2D eigenvalue weighted by atomic mass is 16.5. The summed E-state index contributed by atoms with van der Waals surface area (Å²) in [5, 5.41) is 0. The lowest BCUT2D eigenvalue weighted by Crippen LogP contribution is -2.12. The molecule has 0 atom stereocenters. The van der Waals surface area contributed by atoms with Crippen LogP contribution in [-0.4, -0.2) is 32.6 Å². The molecule has 2 aliphatic heterocycles. The van der Waals surface area contributed by atoms with Crippen LogP contribution in [0.5, 0.6) is 28.7 Å². The minimum Gasteiger partial charge on any atom is -0.496 e. The monoisotopic (exact) mass is 456 g/mol. The van der Waals surface area contributed by atoms with Crippen LogP contribution in [-0.2, 0) is 0 Å². The molecule has 7 nitrogen and oxygen atoms in total. The van der Waals surface area contributed by atoms with Crippen molar-refractivity contribution >= 4 is 17.8 Å². The van der Waals surface area contributed by atoms with Gasteiger partial charge in [-0.25, -0.2) is 4.79 Å². The molecule has 3 aromatic rings. The van der Waals surface area contributed by atoms with Crippen molar-refractivity contribution < 1.29 is 33.3 Å². The van der Waals surface area contributed by atoms with Crippen LogP contribution < -0.4 is 23.7 Å². The predicted octanol–water partition coefficient (Wildman–Crippen LogP) is 4.86. The van der Waals surface area contributed by atoms with Gasteiger partial charge in [-0.15, -0.1) is 0 Å². The van der Waals surface area contributed by atoms with Crippen LogP contribution in [0.2, 0.25) is 0 Å². The Labute approximate surface area is 195 Å². The summed E-state index contributed by atoms with van der Waals surface area (Å²) in [4.78, 5) is 25.7. The molecule has 0 N–H and O–H groups in total. The van der Waals surface area contributed by atoms with Gasteiger partial charge in [0.05, 0.1) is 19.8 Å². The van der Waals surface area contributed by atoms with Crippen LogP contribution in [0.25, 0.3) is 6.08 Å². The van der Waals surface area contributed by atoms with Crippen molar-refractivity contribution in [3.8, 4) is 28.7 Å². The largest absolute Gasteiger partial charge is 0.496 e. The molecule has 34 heavy (non-hydrogen) atoms. The number of Topliss-reactive ketones (excluding diaryl/α,β-unsaturated/α-hetero) is 1. The van der Waals surface area contributed by atoms with Gasteiger partial charge < -0.3 is 23.7 Å². The molecule has 7 heteroatoms. The SMILES string of the molecule is COc1cccc(OC)c1C(=O)Oc1ccc2c(c1)OC(=CC1=Cc3ccccc3OC1)C2=O. The van der Waals surface area contributed by atoms with E-state index in [1.54, 1.807) is 36.4 Å². The molecule has 0 saturated heterocycles. The van der Waals surface area contributed by atoms with Crippen molar-refractivity contribution in [3.63, 3.8) is 0 Å². The van der Waals surface area contributed by atoms with Gasteiger partial charge in [0, 0.05) is 11.6 Å². The predicted molar refractivity (Wildman–Crippen MR) is 124 cm³/mol. The summed E-state index contributed by atoms with van der Waals surface area (Å²) in [7, 11) is 2.92. The second kappa shape index (κ2) is 8.78. The average molecular weight is 456 g/mol. The van der Waals surface area contributed by atoms with Crippen molar-refractivity contribution in [1.29, 1.82) is 0 Å². The molecule has 3 aromatic carbocycles. The van der Waals surface area contributed by atoms with Gasteiger partial charge in [-0.2, -0.15) is 0 Å². The second-order valence-electron chi connectivity index (χ2n) is 7.57. The van der Waals surface area contributed by atoms with E-state index < -0.39 is 5.97 Å². The summed E-state index contributed by atoms with van der Waals surface area (Å²) in [6.45, 7) is 0.330. The number of esters is 1. The number of allylic oxidation sites excluding steroid dienone is 1. The minimum atomic E-state index is -0.655. The van der Waals surface area contributed by atoms with E-state index in [0.29, 0.717) is 29.4 Å². The number of benzene rings is 3. The number of rotatable bonds is 5. The Bertz CT molecular complexity index is 1340. The molecule has 0 fully saturated rings. The highest BCUT2D eigenvalue weighted by Gasteiger charge is 2.29. The molecular weight excluding hydrogens is 436 g/mol.